The van der Waals surface area contributed by atoms with Gasteiger partial charge in [-0.05, 0) is 74.6 Å². The predicted octanol–water partition coefficient (Wildman–Crippen LogP) is 10.2. The lowest BCUT2D eigenvalue weighted by molar-refractivity contribution is 0.262. The minimum absolute atomic E-state index is 0.166. The SMILES string of the molecule is c1ccc(-c2nc(-c3ccccc3)nc(-c3cc(C4=c5ccccc5=NC5c6ccccc6OC45)cc(-c4cc5ccccc5c5ccccc45)c3)n2)cc1. The van der Waals surface area contributed by atoms with E-state index in [4.69, 9.17) is 24.7 Å². The molecule has 258 valence electrons. The van der Waals surface area contributed by atoms with Crippen LogP contribution in [0.2, 0.25) is 0 Å². The molecular formula is C50H32N4O. The number of fused-ring (bicyclic) bond motifs is 7. The Hall–Kier alpha value is -7.24. The molecular weight excluding hydrogens is 673 g/mol. The van der Waals surface area contributed by atoms with Crippen molar-refractivity contribution < 1.29 is 4.74 Å². The van der Waals surface area contributed by atoms with Gasteiger partial charge < -0.3 is 4.74 Å². The van der Waals surface area contributed by atoms with Gasteiger partial charge in [-0.1, -0.05) is 146 Å². The number of para-hydroxylation sites is 2. The second kappa shape index (κ2) is 12.7. The van der Waals surface area contributed by atoms with Gasteiger partial charge in [0.25, 0.3) is 0 Å². The first-order valence-corrected chi connectivity index (χ1v) is 18.6. The van der Waals surface area contributed by atoms with E-state index in [1.54, 1.807) is 0 Å². The lowest BCUT2D eigenvalue weighted by Crippen LogP contribution is -2.39. The van der Waals surface area contributed by atoms with Crippen LogP contribution in [0.4, 0.5) is 0 Å². The average Bonchev–Trinajstić information content (AvgIpc) is 3.63. The largest absolute Gasteiger partial charge is 0.483 e. The van der Waals surface area contributed by atoms with Crippen molar-refractivity contribution in [3.8, 4) is 51.0 Å². The Kier molecular flexibility index (Phi) is 7.24. The van der Waals surface area contributed by atoms with Crippen LogP contribution in [0.1, 0.15) is 17.2 Å². The van der Waals surface area contributed by atoms with Gasteiger partial charge in [0.05, 0.1) is 5.36 Å². The summed E-state index contributed by atoms with van der Waals surface area (Å²) in [5.41, 5.74) is 8.19. The molecule has 0 bridgehead atoms. The van der Waals surface area contributed by atoms with Gasteiger partial charge in [0.2, 0.25) is 0 Å². The van der Waals surface area contributed by atoms with Gasteiger partial charge in [-0.3, -0.25) is 4.99 Å². The molecule has 0 spiro atoms. The summed E-state index contributed by atoms with van der Waals surface area (Å²) >= 11 is 0. The van der Waals surface area contributed by atoms with E-state index in [0.717, 1.165) is 60.8 Å². The van der Waals surface area contributed by atoms with Crippen molar-refractivity contribution in [3.63, 3.8) is 0 Å². The molecule has 11 rings (SSSR count). The van der Waals surface area contributed by atoms with Crippen LogP contribution >= 0.6 is 0 Å². The maximum absolute atomic E-state index is 6.84. The summed E-state index contributed by atoms with van der Waals surface area (Å²) in [5.74, 6) is 2.72. The molecule has 8 aromatic carbocycles. The highest BCUT2D eigenvalue weighted by Crippen LogP contribution is 2.45. The summed E-state index contributed by atoms with van der Waals surface area (Å²) in [7, 11) is 0. The van der Waals surface area contributed by atoms with Gasteiger partial charge in [-0.25, -0.2) is 15.0 Å². The minimum Gasteiger partial charge on any atom is -0.483 e. The average molecular weight is 705 g/mol. The van der Waals surface area contributed by atoms with Crippen molar-refractivity contribution in [2.24, 2.45) is 4.99 Å². The molecule has 2 unspecified atom stereocenters. The molecule has 2 aliphatic heterocycles. The Labute approximate surface area is 317 Å². The van der Waals surface area contributed by atoms with Crippen LogP contribution in [0.15, 0.2) is 187 Å². The van der Waals surface area contributed by atoms with E-state index in [-0.39, 0.29) is 12.1 Å². The highest BCUT2D eigenvalue weighted by Gasteiger charge is 2.39. The molecule has 5 heteroatoms. The molecule has 2 aliphatic rings. The molecule has 0 saturated carbocycles. The molecule has 5 nitrogen and oxygen atoms in total. The van der Waals surface area contributed by atoms with Crippen LogP contribution in [0.3, 0.4) is 0 Å². The van der Waals surface area contributed by atoms with Gasteiger partial charge >= 0.3 is 0 Å². The summed E-state index contributed by atoms with van der Waals surface area (Å²) in [6.07, 6.45) is -0.304. The maximum atomic E-state index is 6.84. The van der Waals surface area contributed by atoms with Gasteiger partial charge in [0.15, 0.2) is 23.6 Å². The summed E-state index contributed by atoms with van der Waals surface area (Å²) in [6, 6.07) is 63.2. The molecule has 9 aromatic rings. The molecule has 0 radical (unpaired) electrons. The molecule has 0 saturated heterocycles. The molecule has 0 amide bonds. The van der Waals surface area contributed by atoms with Crippen molar-refractivity contribution in [1.82, 2.24) is 15.0 Å². The molecule has 0 aliphatic carbocycles. The second-order valence-corrected chi connectivity index (χ2v) is 14.1. The second-order valence-electron chi connectivity index (χ2n) is 14.1. The minimum atomic E-state index is -0.304. The zero-order valence-corrected chi connectivity index (χ0v) is 29.7. The third-order valence-electron chi connectivity index (χ3n) is 10.8. The Morgan fingerprint density at radius 3 is 1.75 bits per heavy atom. The highest BCUT2D eigenvalue weighted by molar-refractivity contribution is 6.14. The molecule has 0 fully saturated rings. The lowest BCUT2D eigenvalue weighted by Gasteiger charge is -2.25. The fraction of sp³-hybridized carbons (Fsp3) is 0.0400. The van der Waals surface area contributed by atoms with E-state index >= 15 is 0 Å². The number of hydrogen-bond donors (Lipinski definition) is 0. The van der Waals surface area contributed by atoms with Crippen LogP contribution in [-0.2, 0) is 0 Å². The van der Waals surface area contributed by atoms with Gasteiger partial charge in [-0.2, -0.15) is 0 Å². The zero-order valence-electron chi connectivity index (χ0n) is 29.7. The van der Waals surface area contributed by atoms with E-state index in [2.05, 4.69) is 115 Å². The van der Waals surface area contributed by atoms with E-state index in [1.807, 2.05) is 66.7 Å². The van der Waals surface area contributed by atoms with Crippen molar-refractivity contribution in [2.45, 2.75) is 12.1 Å². The molecule has 3 heterocycles. The van der Waals surface area contributed by atoms with Gasteiger partial charge in [0.1, 0.15) is 11.8 Å². The summed E-state index contributed by atoms with van der Waals surface area (Å²) in [4.78, 5) is 20.7. The Balaban J connectivity index is 1.22. The fourth-order valence-electron chi connectivity index (χ4n) is 8.29. The zero-order chi connectivity index (χ0) is 36.3. The standard InChI is InChI=1S/C50H32N4O/c1-3-15-31(16-4-1)48-52-49(32-17-5-2-6-18-32)54-50(53-48)36-28-34(42-30-33-19-7-8-20-37(33)38-21-9-10-22-39(38)42)27-35(29-36)45-40-23-11-13-25-43(40)51-46-41-24-12-14-26-44(41)55-47(45)46/h1-30,46-47H. The topological polar surface area (TPSA) is 60.3 Å². The normalized spacial score (nSPS) is 15.5. The Morgan fingerprint density at radius 2 is 0.982 bits per heavy atom. The monoisotopic (exact) mass is 704 g/mol. The summed E-state index contributed by atoms with van der Waals surface area (Å²) < 4.78 is 6.84. The number of ether oxygens (including phenoxy) is 1. The van der Waals surface area contributed by atoms with Gasteiger partial charge in [-0.15, -0.1) is 0 Å². The third-order valence-corrected chi connectivity index (χ3v) is 10.8. The summed E-state index contributed by atoms with van der Waals surface area (Å²) in [5, 5.41) is 6.83. The van der Waals surface area contributed by atoms with Crippen molar-refractivity contribution in [1.29, 1.82) is 0 Å². The van der Waals surface area contributed by atoms with Crippen LogP contribution in [0.5, 0.6) is 5.75 Å². The quantitative estimate of drug-likeness (QED) is 0.167. The van der Waals surface area contributed by atoms with Crippen molar-refractivity contribution >= 4 is 27.1 Å². The van der Waals surface area contributed by atoms with Crippen LogP contribution in [-0.4, -0.2) is 21.1 Å². The predicted molar refractivity (Wildman–Crippen MR) is 220 cm³/mol. The highest BCUT2D eigenvalue weighted by atomic mass is 16.5. The number of hydrogen-bond acceptors (Lipinski definition) is 5. The maximum Gasteiger partial charge on any atom is 0.164 e. The van der Waals surface area contributed by atoms with E-state index in [0.29, 0.717) is 17.5 Å². The van der Waals surface area contributed by atoms with Crippen LogP contribution < -0.4 is 15.3 Å². The number of nitrogens with zero attached hydrogens (tertiary/aromatic N) is 4. The smallest absolute Gasteiger partial charge is 0.164 e. The first kappa shape index (κ1) is 31.3. The number of aromatic nitrogens is 3. The number of benzene rings is 8. The lowest BCUT2D eigenvalue weighted by atomic mass is 9.86. The molecule has 1 aromatic heterocycles. The molecule has 55 heavy (non-hydrogen) atoms. The van der Waals surface area contributed by atoms with E-state index in [9.17, 15) is 0 Å². The fourth-order valence-corrected chi connectivity index (χ4v) is 8.29. The number of rotatable bonds is 5. The van der Waals surface area contributed by atoms with Gasteiger partial charge in [0, 0.05) is 33.0 Å². The molecule has 0 N–H and O–H groups in total. The Bertz CT molecular complexity index is 3030. The van der Waals surface area contributed by atoms with Crippen LogP contribution in [0.25, 0.3) is 72.4 Å². The van der Waals surface area contributed by atoms with Crippen molar-refractivity contribution in [3.05, 3.63) is 204 Å². The van der Waals surface area contributed by atoms with E-state index < -0.39 is 0 Å². The van der Waals surface area contributed by atoms with Crippen molar-refractivity contribution in [2.75, 3.05) is 0 Å². The van der Waals surface area contributed by atoms with Crippen LogP contribution in [0, 0.1) is 0 Å². The first-order chi connectivity index (χ1) is 27.2. The first-order valence-electron chi connectivity index (χ1n) is 18.6. The molecule has 2 atom stereocenters. The summed E-state index contributed by atoms with van der Waals surface area (Å²) in [6.45, 7) is 0. The van der Waals surface area contributed by atoms with E-state index in [1.165, 1.54) is 21.5 Å². The third kappa shape index (κ3) is 5.32. The Morgan fingerprint density at radius 1 is 0.418 bits per heavy atom.